The molecule has 16 heavy (non-hydrogen) atoms. The number of carbonyl (C=O) groups excluding carboxylic acids is 1. The van der Waals surface area contributed by atoms with E-state index in [0.29, 0.717) is 13.1 Å². The molecule has 92 valence electrons. The van der Waals surface area contributed by atoms with Crippen LogP contribution in [0.4, 0.5) is 4.79 Å². The highest BCUT2D eigenvalue weighted by atomic mass is 16.4. The Morgan fingerprint density at radius 3 is 2.75 bits per heavy atom. The maximum absolute atomic E-state index is 11.6. The summed E-state index contributed by atoms with van der Waals surface area (Å²) in [4.78, 5) is 23.7. The Morgan fingerprint density at radius 1 is 1.56 bits per heavy atom. The predicted octanol–water partition coefficient (Wildman–Crippen LogP) is -1.44. The first-order chi connectivity index (χ1) is 7.54. The van der Waals surface area contributed by atoms with E-state index in [1.807, 2.05) is 0 Å². The van der Waals surface area contributed by atoms with Gasteiger partial charge in [0.2, 0.25) is 0 Å². The van der Waals surface area contributed by atoms with Gasteiger partial charge in [-0.25, -0.2) is 9.59 Å². The monoisotopic (exact) mass is 231 g/mol. The number of carbonyl (C=O) groups is 2. The summed E-state index contributed by atoms with van der Waals surface area (Å²) in [5.74, 6) is -1.25. The largest absolute Gasteiger partial charge is 0.480 e. The van der Waals surface area contributed by atoms with Gasteiger partial charge in [0.1, 0.15) is 0 Å². The molecule has 1 heterocycles. The second kappa shape index (κ2) is 5.66. The van der Waals surface area contributed by atoms with Crippen molar-refractivity contribution in [3.05, 3.63) is 0 Å². The van der Waals surface area contributed by atoms with E-state index in [4.69, 9.17) is 15.9 Å². The maximum atomic E-state index is 11.6. The summed E-state index contributed by atoms with van der Waals surface area (Å²) in [6.45, 7) is 0.363. The first-order valence-corrected chi connectivity index (χ1v) is 5.19. The number of aliphatic carboxylic acids is 1. The third kappa shape index (κ3) is 3.35. The van der Waals surface area contributed by atoms with Crippen LogP contribution in [0, 0.1) is 0 Å². The molecule has 1 unspecified atom stereocenters. The normalized spacial score (nSPS) is 22.6. The van der Waals surface area contributed by atoms with Gasteiger partial charge in [0.15, 0.2) is 6.04 Å². The van der Waals surface area contributed by atoms with Crippen molar-refractivity contribution < 1.29 is 19.8 Å². The van der Waals surface area contributed by atoms with Gasteiger partial charge in [-0.3, -0.25) is 0 Å². The number of piperidine rings is 1. The van der Waals surface area contributed by atoms with Crippen molar-refractivity contribution in [2.75, 3.05) is 19.7 Å². The lowest BCUT2D eigenvalue weighted by Crippen LogP contribution is -2.54. The number of urea groups is 1. The molecule has 1 rings (SSSR count). The molecular formula is C9H17N3O4. The van der Waals surface area contributed by atoms with Gasteiger partial charge in [0.25, 0.3) is 0 Å². The molecule has 0 aromatic heterocycles. The van der Waals surface area contributed by atoms with E-state index in [9.17, 15) is 9.59 Å². The molecule has 0 aliphatic carbocycles. The number of carboxylic acid groups (broad SMARTS) is 1. The number of nitrogens with zero attached hydrogens (tertiary/aromatic N) is 1. The van der Waals surface area contributed by atoms with Crippen LogP contribution < -0.4 is 11.1 Å². The summed E-state index contributed by atoms with van der Waals surface area (Å²) in [6.07, 6.45) is 1.68. The van der Waals surface area contributed by atoms with E-state index >= 15 is 0 Å². The van der Waals surface area contributed by atoms with Crippen LogP contribution in [0.2, 0.25) is 0 Å². The lowest BCUT2D eigenvalue weighted by Gasteiger charge is -2.31. The number of carboxylic acids is 1. The average molecular weight is 231 g/mol. The number of hydrogen-bond donors (Lipinski definition) is 4. The minimum absolute atomic E-state index is 0.0584. The summed E-state index contributed by atoms with van der Waals surface area (Å²) >= 11 is 0. The Hall–Kier alpha value is -1.34. The van der Waals surface area contributed by atoms with Crippen LogP contribution in [-0.4, -0.2) is 58.9 Å². The number of likely N-dealkylation sites (tertiary alicyclic amines) is 1. The molecule has 0 saturated carbocycles. The molecule has 0 aromatic carbocycles. The van der Waals surface area contributed by atoms with Crippen molar-refractivity contribution in [1.29, 1.82) is 0 Å². The quantitative estimate of drug-likeness (QED) is 0.475. The van der Waals surface area contributed by atoms with Crippen LogP contribution in [-0.2, 0) is 4.79 Å². The SMILES string of the molecule is NC1CCCN(C(=O)N[C@@H](CO)C(=O)O)C1. The van der Waals surface area contributed by atoms with E-state index < -0.39 is 24.6 Å². The van der Waals surface area contributed by atoms with Crippen molar-refractivity contribution in [3.8, 4) is 0 Å². The molecular weight excluding hydrogens is 214 g/mol. The number of amides is 2. The number of aliphatic hydroxyl groups excluding tert-OH is 1. The van der Waals surface area contributed by atoms with Gasteiger partial charge in [-0.05, 0) is 12.8 Å². The van der Waals surface area contributed by atoms with E-state index in [1.165, 1.54) is 4.90 Å². The predicted molar refractivity (Wildman–Crippen MR) is 55.8 cm³/mol. The number of nitrogens with two attached hydrogens (primary N) is 1. The molecule has 1 aliphatic rings. The topological polar surface area (TPSA) is 116 Å². The second-order valence-electron chi connectivity index (χ2n) is 3.87. The van der Waals surface area contributed by atoms with Gasteiger partial charge >= 0.3 is 12.0 Å². The third-order valence-corrected chi connectivity index (χ3v) is 2.52. The fourth-order valence-electron chi connectivity index (χ4n) is 1.62. The molecule has 7 nitrogen and oxygen atoms in total. The third-order valence-electron chi connectivity index (χ3n) is 2.52. The van der Waals surface area contributed by atoms with E-state index in [2.05, 4.69) is 5.32 Å². The van der Waals surface area contributed by atoms with Gasteiger partial charge in [0, 0.05) is 19.1 Å². The summed E-state index contributed by atoms with van der Waals surface area (Å²) in [7, 11) is 0. The van der Waals surface area contributed by atoms with Crippen molar-refractivity contribution in [3.63, 3.8) is 0 Å². The van der Waals surface area contributed by atoms with Crippen molar-refractivity contribution >= 4 is 12.0 Å². The zero-order valence-corrected chi connectivity index (χ0v) is 8.93. The first-order valence-electron chi connectivity index (χ1n) is 5.19. The highest BCUT2D eigenvalue weighted by Gasteiger charge is 2.25. The van der Waals surface area contributed by atoms with Crippen molar-refractivity contribution in [1.82, 2.24) is 10.2 Å². The molecule has 0 aromatic rings. The standard InChI is InChI=1S/C9H17N3O4/c10-6-2-1-3-12(4-6)9(16)11-7(5-13)8(14)15/h6-7,13H,1-5,10H2,(H,11,16)(H,14,15)/t6?,7-/m0/s1. The minimum Gasteiger partial charge on any atom is -0.480 e. The van der Waals surface area contributed by atoms with Crippen LogP contribution in [0.3, 0.4) is 0 Å². The summed E-state index contributed by atoms with van der Waals surface area (Å²) in [6, 6.07) is -1.81. The molecule has 5 N–H and O–H groups in total. The molecule has 0 radical (unpaired) electrons. The Kier molecular flexibility index (Phi) is 4.51. The van der Waals surface area contributed by atoms with Crippen LogP contribution in [0.5, 0.6) is 0 Å². The minimum atomic E-state index is -1.26. The average Bonchev–Trinajstić information content (AvgIpc) is 2.25. The fraction of sp³-hybridized carbons (Fsp3) is 0.778. The summed E-state index contributed by atoms with van der Waals surface area (Å²) in [5, 5.41) is 19.6. The molecule has 2 atom stereocenters. The summed E-state index contributed by atoms with van der Waals surface area (Å²) < 4.78 is 0. The molecule has 0 bridgehead atoms. The Labute approximate surface area is 93.2 Å². The maximum Gasteiger partial charge on any atom is 0.328 e. The van der Waals surface area contributed by atoms with E-state index in [1.54, 1.807) is 0 Å². The molecule has 1 aliphatic heterocycles. The fourth-order valence-corrected chi connectivity index (χ4v) is 1.62. The van der Waals surface area contributed by atoms with Gasteiger partial charge in [-0.15, -0.1) is 0 Å². The van der Waals surface area contributed by atoms with Gasteiger partial charge in [-0.1, -0.05) is 0 Å². The first kappa shape index (κ1) is 12.7. The smallest absolute Gasteiger partial charge is 0.328 e. The Morgan fingerprint density at radius 2 is 2.25 bits per heavy atom. The van der Waals surface area contributed by atoms with E-state index in [0.717, 1.165) is 12.8 Å². The number of rotatable bonds is 3. The zero-order chi connectivity index (χ0) is 12.1. The summed E-state index contributed by atoms with van der Waals surface area (Å²) in [5.41, 5.74) is 5.70. The van der Waals surface area contributed by atoms with Crippen LogP contribution in [0.25, 0.3) is 0 Å². The van der Waals surface area contributed by atoms with Gasteiger partial charge in [0.05, 0.1) is 6.61 Å². The molecule has 1 fully saturated rings. The highest BCUT2D eigenvalue weighted by molar-refractivity contribution is 5.82. The van der Waals surface area contributed by atoms with Crippen molar-refractivity contribution in [2.45, 2.75) is 24.9 Å². The number of hydrogen-bond acceptors (Lipinski definition) is 4. The lowest BCUT2D eigenvalue weighted by molar-refractivity contribution is -0.140. The second-order valence-corrected chi connectivity index (χ2v) is 3.87. The molecule has 7 heteroatoms. The van der Waals surface area contributed by atoms with Crippen LogP contribution in [0.1, 0.15) is 12.8 Å². The lowest BCUT2D eigenvalue weighted by atomic mass is 10.1. The van der Waals surface area contributed by atoms with Crippen molar-refractivity contribution in [2.24, 2.45) is 5.73 Å². The molecule has 2 amide bonds. The molecule has 1 saturated heterocycles. The Bertz CT molecular complexity index is 271. The van der Waals surface area contributed by atoms with Gasteiger partial charge in [-0.2, -0.15) is 0 Å². The molecule has 0 spiro atoms. The van der Waals surface area contributed by atoms with E-state index in [-0.39, 0.29) is 6.04 Å². The number of aliphatic hydroxyl groups is 1. The highest BCUT2D eigenvalue weighted by Crippen LogP contribution is 2.08. The zero-order valence-electron chi connectivity index (χ0n) is 8.93. The van der Waals surface area contributed by atoms with Crippen LogP contribution >= 0.6 is 0 Å². The van der Waals surface area contributed by atoms with Gasteiger partial charge < -0.3 is 26.2 Å². The Balaban J connectivity index is 2.47. The van der Waals surface area contributed by atoms with Crippen LogP contribution in [0.15, 0.2) is 0 Å². The number of nitrogens with one attached hydrogen (secondary N) is 1.